The number of hydrogen-bond donors (Lipinski definition) is 2. The van der Waals surface area contributed by atoms with Gasteiger partial charge in [-0.1, -0.05) is 53.7 Å². The van der Waals surface area contributed by atoms with Crippen LogP contribution in [0.2, 0.25) is 0 Å². The van der Waals surface area contributed by atoms with Crippen molar-refractivity contribution in [1.29, 1.82) is 0 Å². The average Bonchev–Trinajstić information content (AvgIpc) is 2.66. The highest BCUT2D eigenvalue weighted by Crippen LogP contribution is 2.39. The van der Waals surface area contributed by atoms with Crippen molar-refractivity contribution in [3.63, 3.8) is 0 Å². The molecule has 0 unspecified atom stereocenters. The third kappa shape index (κ3) is 4.75. The maximum Gasteiger partial charge on any atom is 0.284 e. The van der Waals surface area contributed by atoms with Gasteiger partial charge in [-0.15, -0.1) is 0 Å². The number of rotatable bonds is 3. The number of hydrogen-bond acceptors (Lipinski definition) is 5. The quantitative estimate of drug-likeness (QED) is 0.585. The first-order valence-electron chi connectivity index (χ1n) is 10.1. The number of ether oxygens (including phenoxy) is 2. The van der Waals surface area contributed by atoms with Crippen LogP contribution in [-0.2, 0) is 15.6 Å². The lowest BCUT2D eigenvalue weighted by molar-refractivity contribution is -0.130. The van der Waals surface area contributed by atoms with Gasteiger partial charge in [0.05, 0.1) is 6.21 Å². The van der Waals surface area contributed by atoms with Crippen molar-refractivity contribution in [3.05, 3.63) is 53.1 Å². The van der Waals surface area contributed by atoms with Gasteiger partial charge in [-0.3, -0.25) is 4.79 Å². The molecule has 0 fully saturated rings. The minimum absolute atomic E-state index is 0.125. The summed E-state index contributed by atoms with van der Waals surface area (Å²) in [4.78, 5) is 12.4. The van der Waals surface area contributed by atoms with Crippen molar-refractivity contribution in [2.24, 2.45) is 5.10 Å². The molecular formula is C24H30N2O4. The lowest BCUT2D eigenvalue weighted by Gasteiger charge is -2.27. The third-order valence-electron chi connectivity index (χ3n) is 4.94. The maximum absolute atomic E-state index is 12.4. The highest BCUT2D eigenvalue weighted by Gasteiger charge is 2.28. The Morgan fingerprint density at radius 2 is 1.63 bits per heavy atom. The molecule has 0 saturated carbocycles. The molecule has 0 radical (unpaired) electrons. The van der Waals surface area contributed by atoms with Crippen LogP contribution in [0.4, 0.5) is 0 Å². The van der Waals surface area contributed by atoms with Crippen molar-refractivity contribution in [2.45, 2.75) is 58.5 Å². The molecule has 1 aliphatic rings. The molecule has 1 aliphatic heterocycles. The van der Waals surface area contributed by atoms with E-state index in [1.807, 2.05) is 24.3 Å². The summed E-state index contributed by atoms with van der Waals surface area (Å²) >= 11 is 0. The zero-order chi connectivity index (χ0) is 22.1. The van der Waals surface area contributed by atoms with Gasteiger partial charge in [-0.2, -0.15) is 5.10 Å². The molecule has 6 heteroatoms. The first kappa shape index (κ1) is 21.7. The van der Waals surface area contributed by atoms with Gasteiger partial charge in [0.1, 0.15) is 12.4 Å². The molecule has 0 saturated heterocycles. The largest absolute Gasteiger partial charge is 0.507 e. The van der Waals surface area contributed by atoms with Gasteiger partial charge in [0.25, 0.3) is 5.91 Å². The summed E-state index contributed by atoms with van der Waals surface area (Å²) in [5.41, 5.74) is 4.52. The second-order valence-electron chi connectivity index (χ2n) is 9.56. The highest BCUT2D eigenvalue weighted by molar-refractivity contribution is 5.85. The average molecular weight is 411 g/mol. The van der Waals surface area contributed by atoms with Crippen LogP contribution in [-0.4, -0.2) is 29.9 Å². The first-order chi connectivity index (χ1) is 14.0. The normalized spacial score (nSPS) is 16.5. The van der Waals surface area contributed by atoms with Crippen LogP contribution in [0, 0.1) is 0 Å². The number of carbonyl (C=O) groups is 1. The number of para-hydroxylation sites is 2. The summed E-state index contributed by atoms with van der Waals surface area (Å²) in [6, 6.07) is 11.0. The number of fused-ring (bicyclic) bond motifs is 1. The summed E-state index contributed by atoms with van der Waals surface area (Å²) in [5.74, 6) is 1.09. The predicted octanol–water partition coefficient (Wildman–Crippen LogP) is 4.28. The van der Waals surface area contributed by atoms with Crippen LogP contribution in [0.1, 0.15) is 58.2 Å². The van der Waals surface area contributed by atoms with Crippen molar-refractivity contribution < 1.29 is 19.4 Å². The van der Waals surface area contributed by atoms with Gasteiger partial charge in [0.15, 0.2) is 11.5 Å². The van der Waals surface area contributed by atoms with Crippen LogP contribution >= 0.6 is 0 Å². The molecule has 0 aromatic heterocycles. The number of phenols is 1. The molecule has 2 aromatic carbocycles. The van der Waals surface area contributed by atoms with Crippen molar-refractivity contribution in [3.8, 4) is 17.2 Å². The van der Waals surface area contributed by atoms with E-state index < -0.39 is 6.10 Å². The van der Waals surface area contributed by atoms with E-state index >= 15 is 0 Å². The van der Waals surface area contributed by atoms with E-state index in [4.69, 9.17) is 9.47 Å². The second kappa shape index (κ2) is 8.01. The van der Waals surface area contributed by atoms with Gasteiger partial charge in [0.2, 0.25) is 6.10 Å². The number of hydrazone groups is 1. The fraction of sp³-hybridized carbons (Fsp3) is 0.417. The summed E-state index contributed by atoms with van der Waals surface area (Å²) in [6.07, 6.45) is 0.812. The molecule has 160 valence electrons. The van der Waals surface area contributed by atoms with E-state index in [1.54, 1.807) is 18.3 Å². The van der Waals surface area contributed by atoms with Crippen molar-refractivity contribution in [1.82, 2.24) is 5.43 Å². The van der Waals surface area contributed by atoms with Crippen LogP contribution in [0.25, 0.3) is 0 Å². The van der Waals surface area contributed by atoms with Crippen molar-refractivity contribution in [2.75, 3.05) is 6.61 Å². The summed E-state index contributed by atoms with van der Waals surface area (Å²) < 4.78 is 11.3. The Bertz CT molecular complexity index is 933. The van der Waals surface area contributed by atoms with Gasteiger partial charge in [0, 0.05) is 11.1 Å². The van der Waals surface area contributed by atoms with E-state index in [0.717, 1.165) is 16.7 Å². The third-order valence-corrected chi connectivity index (χ3v) is 4.94. The van der Waals surface area contributed by atoms with Gasteiger partial charge < -0.3 is 14.6 Å². The number of aromatic hydroxyl groups is 1. The Morgan fingerprint density at radius 3 is 2.20 bits per heavy atom. The second-order valence-corrected chi connectivity index (χ2v) is 9.56. The zero-order valence-electron chi connectivity index (χ0n) is 18.4. The number of nitrogens with one attached hydrogen (secondary N) is 1. The number of phenolic OH excluding ortho intramolecular Hbond substituents is 1. The molecule has 0 spiro atoms. The standard InChI is InChI=1S/C24H30N2O4/c1-23(2,3)16-11-15(12-17(21(16)27)24(4,5)6)13-25-26-22(28)20-14-29-18-9-7-8-10-19(18)30-20/h7-13,20,27H,14H2,1-6H3,(H,26,28)/b25-13+/t20-/m1/s1. The van der Waals surface area contributed by atoms with Gasteiger partial charge in [-0.05, 0) is 40.7 Å². The van der Waals surface area contributed by atoms with Crippen LogP contribution in [0.3, 0.4) is 0 Å². The number of nitrogens with zero attached hydrogens (tertiary/aromatic N) is 1. The molecule has 0 bridgehead atoms. The molecule has 2 N–H and O–H groups in total. The predicted molar refractivity (Wildman–Crippen MR) is 118 cm³/mol. The fourth-order valence-electron chi connectivity index (χ4n) is 3.27. The maximum atomic E-state index is 12.4. The Kier molecular flexibility index (Phi) is 5.79. The molecule has 2 aromatic rings. The van der Waals surface area contributed by atoms with Crippen LogP contribution in [0.5, 0.6) is 17.2 Å². The molecule has 0 aliphatic carbocycles. The van der Waals surface area contributed by atoms with E-state index in [9.17, 15) is 9.90 Å². The monoisotopic (exact) mass is 410 g/mol. The topological polar surface area (TPSA) is 80.2 Å². The molecule has 30 heavy (non-hydrogen) atoms. The van der Waals surface area contributed by atoms with Gasteiger partial charge in [-0.25, -0.2) is 5.43 Å². The Balaban J connectivity index is 1.77. The Morgan fingerprint density at radius 1 is 1.07 bits per heavy atom. The number of carbonyl (C=O) groups excluding carboxylic acids is 1. The highest BCUT2D eigenvalue weighted by atomic mass is 16.6. The summed E-state index contributed by atoms with van der Waals surface area (Å²) in [7, 11) is 0. The zero-order valence-corrected chi connectivity index (χ0v) is 18.4. The van der Waals surface area contributed by atoms with Crippen LogP contribution in [0.15, 0.2) is 41.5 Å². The minimum Gasteiger partial charge on any atom is -0.507 e. The minimum atomic E-state index is -0.771. The van der Waals surface area contributed by atoms with E-state index in [0.29, 0.717) is 17.2 Å². The SMILES string of the molecule is CC(C)(C)c1cc(/C=N/NC(=O)[C@H]2COc3ccccc3O2)cc(C(C)(C)C)c1O. The van der Waals surface area contributed by atoms with E-state index in [2.05, 4.69) is 52.1 Å². The number of amides is 1. The Labute approximate surface area is 177 Å². The molecule has 1 atom stereocenters. The summed E-state index contributed by atoms with van der Waals surface area (Å²) in [5, 5.41) is 14.9. The molecular weight excluding hydrogens is 380 g/mol. The number of benzene rings is 2. The molecule has 3 rings (SSSR count). The smallest absolute Gasteiger partial charge is 0.284 e. The molecule has 6 nitrogen and oxygen atoms in total. The Hall–Kier alpha value is -3.02. The van der Waals surface area contributed by atoms with Gasteiger partial charge >= 0.3 is 0 Å². The van der Waals surface area contributed by atoms with Crippen molar-refractivity contribution >= 4 is 12.1 Å². The first-order valence-corrected chi connectivity index (χ1v) is 10.1. The molecule has 1 heterocycles. The lowest BCUT2D eigenvalue weighted by Crippen LogP contribution is -2.42. The van der Waals surface area contributed by atoms with E-state index in [-0.39, 0.29) is 23.3 Å². The fourth-order valence-corrected chi connectivity index (χ4v) is 3.27. The van der Waals surface area contributed by atoms with E-state index in [1.165, 1.54) is 0 Å². The van der Waals surface area contributed by atoms with Crippen LogP contribution < -0.4 is 14.9 Å². The lowest BCUT2D eigenvalue weighted by atomic mass is 9.78. The summed E-state index contributed by atoms with van der Waals surface area (Å²) in [6.45, 7) is 12.4. The molecule has 1 amide bonds.